The number of benzene rings is 1. The number of hydrogen-bond acceptors (Lipinski definition) is 9. The highest BCUT2D eigenvalue weighted by Gasteiger charge is 2.30. The fourth-order valence-corrected chi connectivity index (χ4v) is 5.17. The van der Waals surface area contributed by atoms with Gasteiger partial charge in [0.15, 0.2) is 21.5 Å². The summed E-state index contributed by atoms with van der Waals surface area (Å²) in [5, 5.41) is 12.1. The molecule has 0 radical (unpaired) electrons. The van der Waals surface area contributed by atoms with E-state index in [-0.39, 0.29) is 16.8 Å². The van der Waals surface area contributed by atoms with E-state index in [0.717, 1.165) is 50.5 Å². The minimum absolute atomic E-state index is 0.0536. The van der Waals surface area contributed by atoms with Crippen LogP contribution < -0.4 is 4.90 Å². The highest BCUT2D eigenvalue weighted by molar-refractivity contribution is 7.90. The monoisotopic (exact) mass is 456 g/mol. The Balaban J connectivity index is 1.50. The molecule has 0 aliphatic carbocycles. The van der Waals surface area contributed by atoms with Crippen molar-refractivity contribution in [2.75, 3.05) is 31.1 Å². The van der Waals surface area contributed by atoms with Crippen molar-refractivity contribution < 1.29 is 8.42 Å². The maximum atomic E-state index is 13.0. The van der Waals surface area contributed by atoms with Crippen LogP contribution in [-0.2, 0) is 15.7 Å². The summed E-state index contributed by atoms with van der Waals surface area (Å²) in [5.41, 5.74) is 1.01. The quantitative estimate of drug-likeness (QED) is 0.501. The second-order valence-electron chi connectivity index (χ2n) is 7.97. The first-order valence-corrected chi connectivity index (χ1v) is 12.4. The van der Waals surface area contributed by atoms with Crippen LogP contribution in [0, 0.1) is 6.92 Å². The highest BCUT2D eigenvalue weighted by Crippen LogP contribution is 2.26. The number of piperazine rings is 1. The van der Waals surface area contributed by atoms with E-state index < -0.39 is 9.84 Å². The minimum Gasteiger partial charge on any atom is -0.338 e. The molecule has 1 aromatic carbocycles. The Morgan fingerprint density at radius 1 is 1.03 bits per heavy atom. The van der Waals surface area contributed by atoms with Gasteiger partial charge in [-0.25, -0.2) is 23.1 Å². The van der Waals surface area contributed by atoms with Crippen molar-refractivity contribution >= 4 is 15.8 Å². The van der Waals surface area contributed by atoms with Crippen LogP contribution in [-0.4, -0.2) is 69.7 Å². The molecule has 3 heterocycles. The summed E-state index contributed by atoms with van der Waals surface area (Å²) in [5.74, 6) is 1.04. The van der Waals surface area contributed by atoms with Gasteiger partial charge in [-0.1, -0.05) is 31.0 Å². The van der Waals surface area contributed by atoms with E-state index >= 15 is 0 Å². The lowest BCUT2D eigenvalue weighted by Crippen LogP contribution is -2.48. The minimum atomic E-state index is -3.57. The molecule has 170 valence electrons. The number of sulfone groups is 1. The summed E-state index contributed by atoms with van der Waals surface area (Å²) < 4.78 is 27.4. The predicted molar refractivity (Wildman–Crippen MR) is 120 cm³/mol. The number of aromatic nitrogens is 6. The van der Waals surface area contributed by atoms with Gasteiger partial charge in [-0.3, -0.25) is 4.90 Å². The number of tetrazole rings is 1. The SMILES string of the molecule is CCC[C@@H](c1nnnn1CS(=O)(=O)c1ccc(C)cc1)N1CCN(c2ncccn2)CC1. The van der Waals surface area contributed by atoms with Gasteiger partial charge in [0.05, 0.1) is 10.9 Å². The number of rotatable bonds is 8. The molecule has 10 nitrogen and oxygen atoms in total. The van der Waals surface area contributed by atoms with Gasteiger partial charge in [0.2, 0.25) is 5.95 Å². The van der Waals surface area contributed by atoms with Gasteiger partial charge >= 0.3 is 0 Å². The van der Waals surface area contributed by atoms with Gasteiger partial charge in [0.25, 0.3) is 0 Å². The fourth-order valence-electron chi connectivity index (χ4n) is 3.96. The van der Waals surface area contributed by atoms with Crippen molar-refractivity contribution in [1.82, 2.24) is 35.1 Å². The molecule has 0 N–H and O–H groups in total. The third kappa shape index (κ3) is 4.94. The number of hydrogen-bond donors (Lipinski definition) is 0. The average Bonchev–Trinajstić information content (AvgIpc) is 3.25. The third-order valence-corrected chi connectivity index (χ3v) is 7.26. The van der Waals surface area contributed by atoms with Crippen molar-refractivity contribution in [3.8, 4) is 0 Å². The first-order valence-electron chi connectivity index (χ1n) is 10.8. The summed E-state index contributed by atoms with van der Waals surface area (Å²) in [6.07, 6.45) is 5.27. The van der Waals surface area contributed by atoms with E-state index in [2.05, 4.69) is 42.2 Å². The number of anilines is 1. The molecule has 32 heavy (non-hydrogen) atoms. The molecule has 3 aromatic rings. The normalized spacial score (nSPS) is 16.2. The second-order valence-corrected chi connectivity index (χ2v) is 9.93. The van der Waals surface area contributed by atoms with Crippen molar-refractivity contribution in [3.63, 3.8) is 0 Å². The van der Waals surface area contributed by atoms with Crippen LogP contribution in [0.4, 0.5) is 5.95 Å². The Hall–Kier alpha value is -2.92. The molecule has 2 aromatic heterocycles. The lowest BCUT2D eigenvalue weighted by atomic mass is 10.1. The van der Waals surface area contributed by atoms with Gasteiger partial charge in [0.1, 0.15) is 0 Å². The van der Waals surface area contributed by atoms with Crippen molar-refractivity contribution in [2.24, 2.45) is 0 Å². The number of nitrogens with zero attached hydrogens (tertiary/aromatic N) is 8. The zero-order valence-corrected chi connectivity index (χ0v) is 19.2. The Kier molecular flexibility index (Phi) is 6.75. The largest absolute Gasteiger partial charge is 0.338 e. The van der Waals surface area contributed by atoms with Gasteiger partial charge < -0.3 is 4.90 Å². The molecule has 4 rings (SSSR count). The Labute approximate surface area is 188 Å². The van der Waals surface area contributed by atoms with Gasteiger partial charge in [-0.05, 0) is 42.0 Å². The van der Waals surface area contributed by atoms with Crippen LogP contribution in [0.3, 0.4) is 0 Å². The maximum Gasteiger partial charge on any atom is 0.225 e. The van der Waals surface area contributed by atoms with Crippen molar-refractivity contribution in [2.45, 2.75) is 43.5 Å². The molecule has 11 heteroatoms. The Bertz CT molecular complexity index is 1110. The van der Waals surface area contributed by atoms with Crippen molar-refractivity contribution in [1.29, 1.82) is 0 Å². The van der Waals surface area contributed by atoms with E-state index in [1.807, 2.05) is 13.0 Å². The topological polar surface area (TPSA) is 110 Å². The van der Waals surface area contributed by atoms with E-state index in [1.54, 1.807) is 36.7 Å². The van der Waals surface area contributed by atoms with Crippen molar-refractivity contribution in [3.05, 3.63) is 54.1 Å². The summed E-state index contributed by atoms with van der Waals surface area (Å²) >= 11 is 0. The summed E-state index contributed by atoms with van der Waals surface area (Å²) in [4.78, 5) is 13.4. The van der Waals surface area contributed by atoms with Crippen LogP contribution >= 0.6 is 0 Å². The molecule has 1 aliphatic heterocycles. The summed E-state index contributed by atoms with van der Waals surface area (Å²) in [6.45, 7) is 7.19. The molecule has 1 saturated heterocycles. The van der Waals surface area contributed by atoms with E-state index in [0.29, 0.717) is 5.82 Å². The van der Waals surface area contributed by atoms with Crippen LogP contribution in [0.1, 0.15) is 37.2 Å². The molecular weight excluding hydrogens is 428 g/mol. The summed E-state index contributed by atoms with van der Waals surface area (Å²) in [7, 11) is -3.57. The molecule has 1 fully saturated rings. The second kappa shape index (κ2) is 9.70. The Morgan fingerprint density at radius 3 is 2.38 bits per heavy atom. The molecule has 0 unspecified atom stereocenters. The number of aryl methyl sites for hydroxylation is 1. The average molecular weight is 457 g/mol. The molecule has 0 amide bonds. The van der Waals surface area contributed by atoms with Crippen LogP contribution in [0.2, 0.25) is 0 Å². The van der Waals surface area contributed by atoms with E-state index in [4.69, 9.17) is 0 Å². The summed E-state index contributed by atoms with van der Waals surface area (Å²) in [6, 6.07) is 8.60. The molecule has 0 bridgehead atoms. The van der Waals surface area contributed by atoms with Gasteiger partial charge in [-0.15, -0.1) is 5.10 Å². The van der Waals surface area contributed by atoms with E-state index in [9.17, 15) is 8.42 Å². The van der Waals surface area contributed by atoms with Gasteiger partial charge in [-0.2, -0.15) is 0 Å². The van der Waals surface area contributed by atoms with Crippen LogP contribution in [0.25, 0.3) is 0 Å². The zero-order valence-electron chi connectivity index (χ0n) is 18.4. The molecular formula is C21H28N8O2S. The highest BCUT2D eigenvalue weighted by atomic mass is 32.2. The molecule has 1 atom stereocenters. The van der Waals surface area contributed by atoms with E-state index in [1.165, 1.54) is 4.68 Å². The predicted octanol–water partition coefficient (Wildman–Crippen LogP) is 1.87. The third-order valence-electron chi connectivity index (χ3n) is 5.68. The maximum absolute atomic E-state index is 13.0. The fraction of sp³-hybridized carbons (Fsp3) is 0.476. The zero-order chi connectivity index (χ0) is 22.6. The molecule has 0 spiro atoms. The Morgan fingerprint density at radius 2 is 1.72 bits per heavy atom. The standard InChI is InChI=1S/C21H28N8O2S/c1-3-5-19(27-12-14-28(15-13-27)21-22-10-4-11-23-21)20-24-25-26-29(20)16-32(30,31)18-8-6-17(2)7-9-18/h4,6-11,19H,3,5,12-16H2,1-2H3/t19-/m0/s1. The lowest BCUT2D eigenvalue weighted by molar-refractivity contribution is 0.164. The first-order chi connectivity index (χ1) is 15.5. The van der Waals surface area contributed by atoms with Crippen LogP contribution in [0.5, 0.6) is 0 Å². The van der Waals surface area contributed by atoms with Crippen LogP contribution in [0.15, 0.2) is 47.6 Å². The smallest absolute Gasteiger partial charge is 0.225 e. The molecule has 1 aliphatic rings. The van der Waals surface area contributed by atoms with Gasteiger partial charge in [0, 0.05) is 38.6 Å². The molecule has 0 saturated carbocycles. The first kappa shape index (κ1) is 22.3. The lowest BCUT2D eigenvalue weighted by Gasteiger charge is -2.38.